The first-order valence-electron chi connectivity index (χ1n) is 35.5. The van der Waals surface area contributed by atoms with Crippen LogP contribution in [0.2, 0.25) is 0 Å². The summed E-state index contributed by atoms with van der Waals surface area (Å²) in [5.41, 5.74) is 67.8. The van der Waals surface area contributed by atoms with E-state index in [1.54, 1.807) is 6.26 Å². The highest BCUT2D eigenvalue weighted by atomic mass is 32.2. The van der Waals surface area contributed by atoms with E-state index in [-0.39, 0.29) is 146 Å². The normalized spacial score (nSPS) is 15.7. The van der Waals surface area contributed by atoms with E-state index in [4.69, 9.17) is 68.8 Å². The van der Waals surface area contributed by atoms with Gasteiger partial charge < -0.3 is 132 Å². The van der Waals surface area contributed by atoms with Gasteiger partial charge in [0.05, 0.1) is 18.9 Å². The van der Waals surface area contributed by atoms with Gasteiger partial charge in [-0.2, -0.15) is 24.4 Å². The van der Waals surface area contributed by atoms with Crippen LogP contribution in [0.4, 0.5) is 0 Å². The molecule has 0 aromatic carbocycles. The first kappa shape index (κ1) is 94.6. The lowest BCUT2D eigenvalue weighted by molar-refractivity contribution is -0.145. The van der Waals surface area contributed by atoms with E-state index in [2.05, 4.69) is 75.8 Å². The molecule has 40 nitrogen and oxygen atoms in total. The van der Waals surface area contributed by atoms with Gasteiger partial charge in [0, 0.05) is 25.4 Å². The van der Waals surface area contributed by atoms with E-state index in [0.717, 1.165) is 0 Å². The quantitative estimate of drug-likeness (QED) is 0.0116. The van der Waals surface area contributed by atoms with Gasteiger partial charge in [-0.25, -0.2) is 4.79 Å². The topological polar surface area (TPSA) is 720 Å². The number of guanidine groups is 2. The van der Waals surface area contributed by atoms with E-state index < -0.39 is 168 Å². The summed E-state index contributed by atoms with van der Waals surface area (Å²) in [4.78, 5) is 202. The number of hydrogen-bond acceptors (Lipinski definition) is 24. The maximum absolute atomic E-state index is 14.5. The van der Waals surface area contributed by atoms with E-state index in [9.17, 15) is 72.2 Å². The van der Waals surface area contributed by atoms with Crippen molar-refractivity contribution in [2.45, 2.75) is 227 Å². The fourth-order valence-electron chi connectivity index (χ4n) is 11.0. The third-order valence-electron chi connectivity index (χ3n) is 16.7. The van der Waals surface area contributed by atoms with E-state index in [0.29, 0.717) is 70.9 Å². The number of nitrogens with two attached hydrogens (primary N) is 12. The number of nitrogens with one attached hydrogen (secondary N) is 10. The Morgan fingerprint density at radius 3 is 1.10 bits per heavy atom. The predicted octanol–water partition coefficient (Wildman–Crippen LogP) is -8.58. The lowest BCUT2D eigenvalue weighted by atomic mass is 10.0. The largest absolute Gasteiger partial charge is 0.480 e. The Balaban J connectivity index is 3.66. The second kappa shape index (κ2) is 54.2. The van der Waals surface area contributed by atoms with Crippen molar-refractivity contribution in [3.63, 3.8) is 0 Å². The molecule has 1 fully saturated rings. The molecular weight excluding hydrogens is 1410 g/mol. The molecule has 0 aromatic heterocycles. The molecule has 1 aliphatic rings. The van der Waals surface area contributed by atoms with Gasteiger partial charge >= 0.3 is 5.97 Å². The summed E-state index contributed by atoms with van der Waals surface area (Å²) in [6.45, 7) is 1.29. The van der Waals surface area contributed by atoms with Crippen molar-refractivity contribution in [2.75, 3.05) is 70.1 Å². The third kappa shape index (κ3) is 39.0. The number of carboxylic acid groups (broad SMARTS) is 1. The van der Waals surface area contributed by atoms with Crippen molar-refractivity contribution >= 4 is 119 Å². The number of carboxylic acids is 1. The van der Waals surface area contributed by atoms with Crippen molar-refractivity contribution in [2.24, 2.45) is 78.8 Å². The van der Waals surface area contributed by atoms with Crippen LogP contribution in [0, 0.1) is 0 Å². The minimum Gasteiger partial charge on any atom is -0.480 e. The molecule has 1 saturated heterocycles. The number of thioether (sulfide) groups is 1. The van der Waals surface area contributed by atoms with Crippen molar-refractivity contribution in [1.29, 1.82) is 0 Å². The molecule has 35 N–H and O–H groups in total. The maximum atomic E-state index is 14.5. The number of primary amides is 2. The zero-order valence-corrected chi connectivity index (χ0v) is 62.0. The molecule has 0 spiro atoms. The molecule has 0 aromatic rings. The minimum atomic E-state index is -1.82. The number of rotatable bonds is 58. The smallest absolute Gasteiger partial charge is 0.326 e. The van der Waals surface area contributed by atoms with Crippen molar-refractivity contribution in [3.8, 4) is 0 Å². The fraction of sp³-hybridized carbons (Fsp3) is 0.746. The van der Waals surface area contributed by atoms with Crippen LogP contribution < -0.4 is 122 Å². The van der Waals surface area contributed by atoms with Crippen LogP contribution in [-0.2, 0) is 67.1 Å². The van der Waals surface area contributed by atoms with Crippen LogP contribution >= 0.6 is 24.4 Å². The zero-order valence-electron chi connectivity index (χ0n) is 60.3. The number of aliphatic imine (C=N–C) groups is 2. The van der Waals surface area contributed by atoms with Gasteiger partial charge in [0.25, 0.3) is 0 Å². The first-order valence-corrected chi connectivity index (χ1v) is 37.6. The molecule has 0 unspecified atom stereocenters. The molecule has 0 saturated carbocycles. The Morgan fingerprint density at radius 2 is 0.733 bits per heavy atom. The molecule has 0 aliphatic carbocycles. The Morgan fingerprint density at radius 1 is 0.419 bits per heavy atom. The summed E-state index contributed by atoms with van der Waals surface area (Å²) in [6.07, 6.45) is 4.41. The number of unbranched alkanes of at least 4 members (excludes halogenated alkanes) is 5. The van der Waals surface area contributed by atoms with Crippen molar-refractivity contribution in [3.05, 3.63) is 0 Å². The van der Waals surface area contributed by atoms with Gasteiger partial charge in [-0.3, -0.25) is 72.3 Å². The van der Waals surface area contributed by atoms with Crippen LogP contribution in [-0.4, -0.2) is 247 Å². The summed E-state index contributed by atoms with van der Waals surface area (Å²) in [5.74, 6) is -14.0. The van der Waals surface area contributed by atoms with Crippen molar-refractivity contribution in [1.82, 2.24) is 58.1 Å². The Kier molecular flexibility index (Phi) is 48.8. The molecule has 13 amide bonds. The van der Waals surface area contributed by atoms with Crippen LogP contribution in [0.25, 0.3) is 0 Å². The molecule has 1 rings (SSSR count). The average molecular weight is 1530 g/mol. The number of aliphatic carboxylic acids is 1. The number of thiol groups is 1. The lowest BCUT2D eigenvalue weighted by Crippen LogP contribution is -2.61. The molecule has 1 heterocycles. The molecule has 598 valence electrons. The highest BCUT2D eigenvalue weighted by Crippen LogP contribution is 2.21. The van der Waals surface area contributed by atoms with Gasteiger partial charge in [-0.1, -0.05) is 6.42 Å². The van der Waals surface area contributed by atoms with E-state index in [1.807, 2.05) is 0 Å². The third-order valence-corrected chi connectivity index (χ3v) is 17.7. The fourth-order valence-corrected chi connectivity index (χ4v) is 11.7. The van der Waals surface area contributed by atoms with Gasteiger partial charge in [0.15, 0.2) is 11.9 Å². The maximum Gasteiger partial charge on any atom is 0.326 e. The summed E-state index contributed by atoms with van der Waals surface area (Å²) < 4.78 is 0. The standard InChI is InChI=1S/C63H119N25O15S2/c1-105-32-23-41(82-52(93)40(20-12-29-76-62(72)73)81-58(99)46(35-104)87-54(95)37(16-3-8-25-65)78-50(91)36(69)15-2-7-24-64)55(96)86-44(33-48(70)89)56(97)80-38(17-4-9-26-66)51(92)79-39(18-5-10-27-67)53(94)85-45(34-49(71)90)57(98)83-42(19-6-11-28-68)60(101)88-31-14-22-47(88)59(100)84-43(61(102)103)21-13-30-77-63(74)75/h36-47,104H,2-35,64-69H2,1H3,(H2,70,89)(H2,71,90)(H,78,91)(H,79,92)(H,80,97)(H,81,99)(H,82,93)(H,83,98)(H,84,100)(H,85,94)(H,86,96)(H,87,95)(H,102,103)(H4,72,73,76)(H4,74,75,77)/t36-,37-,38-,39-,40-,41-,42-,43-,44-,45-,46-,47-/m0/s1. The molecule has 0 radical (unpaired) electrons. The highest BCUT2D eigenvalue weighted by Gasteiger charge is 2.41. The molecule has 0 bridgehead atoms. The van der Waals surface area contributed by atoms with Crippen LogP contribution in [0.15, 0.2) is 9.98 Å². The summed E-state index contributed by atoms with van der Waals surface area (Å²) in [7, 11) is 0. The van der Waals surface area contributed by atoms with E-state index in [1.165, 1.54) is 16.7 Å². The zero-order chi connectivity index (χ0) is 79.0. The van der Waals surface area contributed by atoms with Gasteiger partial charge in [-0.15, -0.1) is 0 Å². The number of nitrogens with zero attached hydrogens (tertiary/aromatic N) is 3. The SMILES string of the molecule is CSCC[C@H](NC(=O)[C@H](CCCN=C(N)N)NC(=O)[C@H](CS)NC(=O)[C@H](CCCCN)NC(=O)[C@@H](N)CCCCN)C(=O)N[C@@H](CC(N)=O)C(=O)N[C@@H](CCCCN)C(=O)N[C@@H](CCCCN)C(=O)N[C@@H](CC(N)=O)C(=O)N[C@@H](CCCCN)C(=O)N1CCC[C@H]1C(=O)N[C@@H](CCCN=C(N)N)C(=O)O. The monoisotopic (exact) mass is 1530 g/mol. The Bertz CT molecular complexity index is 2840. The number of amides is 13. The lowest BCUT2D eigenvalue weighted by Gasteiger charge is -2.30. The summed E-state index contributed by atoms with van der Waals surface area (Å²) in [6, 6.07) is -17.0. The number of likely N-dealkylation sites (tertiary alicyclic amines) is 1. The number of hydrogen-bond donors (Lipinski definition) is 24. The number of carbonyl (C=O) groups is 14. The molecule has 1 aliphatic heterocycles. The van der Waals surface area contributed by atoms with Crippen LogP contribution in [0.3, 0.4) is 0 Å². The highest BCUT2D eigenvalue weighted by molar-refractivity contribution is 7.98. The molecule has 12 atom stereocenters. The van der Waals surface area contributed by atoms with Gasteiger partial charge in [0.2, 0.25) is 76.8 Å². The minimum absolute atomic E-state index is 0.0149. The average Bonchev–Trinajstić information content (AvgIpc) is 1.75. The summed E-state index contributed by atoms with van der Waals surface area (Å²) >= 11 is 5.57. The summed E-state index contributed by atoms with van der Waals surface area (Å²) in [5, 5.41) is 35.4. The second-order valence-electron chi connectivity index (χ2n) is 25.4. The van der Waals surface area contributed by atoms with E-state index >= 15 is 0 Å². The first-order chi connectivity index (χ1) is 49.9. The van der Waals surface area contributed by atoms with Gasteiger partial charge in [0.1, 0.15) is 66.5 Å². The van der Waals surface area contributed by atoms with Gasteiger partial charge in [-0.05, 0) is 180 Å². The predicted molar refractivity (Wildman–Crippen MR) is 398 cm³/mol. The van der Waals surface area contributed by atoms with Crippen molar-refractivity contribution < 1.29 is 72.2 Å². The molecular formula is C63H119N25O15S2. The molecule has 105 heavy (non-hydrogen) atoms. The molecule has 42 heteroatoms. The number of carbonyl (C=O) groups excluding carboxylic acids is 13. The van der Waals surface area contributed by atoms with Crippen LogP contribution in [0.1, 0.15) is 154 Å². The van der Waals surface area contributed by atoms with Crippen LogP contribution in [0.5, 0.6) is 0 Å². The second-order valence-corrected chi connectivity index (χ2v) is 26.7. The Labute approximate surface area is 622 Å². The Hall–Kier alpha value is -8.42.